The molecule has 112 valence electrons. The van der Waals surface area contributed by atoms with Gasteiger partial charge in [-0.05, 0) is 17.5 Å². The number of aromatic amines is 1. The third-order valence-electron chi connectivity index (χ3n) is 3.27. The summed E-state index contributed by atoms with van der Waals surface area (Å²) in [4.78, 5) is 30.3. The fourth-order valence-electron chi connectivity index (χ4n) is 2.20. The first-order chi connectivity index (χ1) is 10.7. The van der Waals surface area contributed by atoms with Gasteiger partial charge in [0, 0.05) is 6.07 Å². The van der Waals surface area contributed by atoms with E-state index in [4.69, 9.17) is 9.15 Å². The fourth-order valence-corrected chi connectivity index (χ4v) is 2.20. The van der Waals surface area contributed by atoms with E-state index in [-0.39, 0.29) is 29.3 Å². The molecule has 1 N–H and O–H groups in total. The van der Waals surface area contributed by atoms with Crippen molar-refractivity contribution in [2.24, 2.45) is 0 Å². The molecule has 2 heterocycles. The first-order valence-electron chi connectivity index (χ1n) is 6.91. The van der Waals surface area contributed by atoms with Crippen LogP contribution in [-0.4, -0.2) is 9.97 Å². The van der Waals surface area contributed by atoms with Crippen molar-refractivity contribution in [2.45, 2.75) is 20.0 Å². The first kappa shape index (κ1) is 14.1. The molecule has 0 unspecified atom stereocenters. The Balaban J connectivity index is 1.99. The highest BCUT2D eigenvalue weighted by Crippen LogP contribution is 2.14. The van der Waals surface area contributed by atoms with E-state index in [2.05, 4.69) is 9.97 Å². The zero-order valence-electron chi connectivity index (χ0n) is 12.0. The van der Waals surface area contributed by atoms with Gasteiger partial charge >= 0.3 is 5.63 Å². The maximum absolute atomic E-state index is 12.2. The maximum Gasteiger partial charge on any atom is 0.337 e. The summed E-state index contributed by atoms with van der Waals surface area (Å²) in [7, 11) is 0. The van der Waals surface area contributed by atoms with Crippen molar-refractivity contribution in [1.29, 1.82) is 0 Å². The summed E-state index contributed by atoms with van der Waals surface area (Å²) in [6.07, 6.45) is 0.539. The highest BCUT2D eigenvalue weighted by molar-refractivity contribution is 5.75. The summed E-state index contributed by atoms with van der Waals surface area (Å²) in [6.45, 7) is 2.11. The molecule has 0 fully saturated rings. The minimum absolute atomic E-state index is 0.00355. The van der Waals surface area contributed by atoms with Crippen LogP contribution in [0.1, 0.15) is 18.1 Å². The molecule has 0 saturated heterocycles. The molecule has 0 amide bonds. The number of hydrogen-bond acceptors (Lipinski definition) is 5. The number of H-pyrrole nitrogens is 1. The van der Waals surface area contributed by atoms with Gasteiger partial charge in [-0.25, -0.2) is 4.79 Å². The quantitative estimate of drug-likeness (QED) is 0.796. The molecule has 3 rings (SSSR count). The number of aromatic nitrogens is 2. The standard InChI is InChI=1S/C16H14N2O4/c1-2-11-8-12(19)22-15-13(11)14(20)17-16(18-15)21-9-10-6-4-3-5-7-10/h3-8H,2,9H2,1H3,(H,17,18,20). The van der Waals surface area contributed by atoms with E-state index in [1.807, 2.05) is 37.3 Å². The second-order valence-corrected chi connectivity index (χ2v) is 4.77. The smallest absolute Gasteiger partial charge is 0.337 e. The molecule has 3 aromatic rings. The molecule has 0 saturated carbocycles. The van der Waals surface area contributed by atoms with Gasteiger partial charge in [-0.15, -0.1) is 0 Å². The summed E-state index contributed by atoms with van der Waals surface area (Å²) >= 11 is 0. The Hall–Kier alpha value is -2.89. The lowest BCUT2D eigenvalue weighted by atomic mass is 10.1. The zero-order valence-corrected chi connectivity index (χ0v) is 12.0. The van der Waals surface area contributed by atoms with Crippen molar-refractivity contribution < 1.29 is 9.15 Å². The molecule has 22 heavy (non-hydrogen) atoms. The zero-order chi connectivity index (χ0) is 15.5. The normalized spacial score (nSPS) is 10.8. The second-order valence-electron chi connectivity index (χ2n) is 4.77. The molecule has 0 atom stereocenters. The summed E-state index contributed by atoms with van der Waals surface area (Å²) in [5.41, 5.74) is 0.630. The Morgan fingerprint density at radius 3 is 2.73 bits per heavy atom. The first-order valence-corrected chi connectivity index (χ1v) is 6.91. The fraction of sp³-hybridized carbons (Fsp3) is 0.188. The van der Waals surface area contributed by atoms with Gasteiger partial charge < -0.3 is 9.15 Å². The van der Waals surface area contributed by atoms with E-state index in [0.717, 1.165) is 5.56 Å². The van der Waals surface area contributed by atoms with Crippen molar-refractivity contribution >= 4 is 11.1 Å². The van der Waals surface area contributed by atoms with Crippen LogP contribution >= 0.6 is 0 Å². The molecule has 0 aliphatic carbocycles. The van der Waals surface area contributed by atoms with Crippen LogP contribution in [0.15, 0.2) is 50.4 Å². The van der Waals surface area contributed by atoms with Gasteiger partial charge in [0.1, 0.15) is 12.0 Å². The van der Waals surface area contributed by atoms with Crippen LogP contribution in [0.4, 0.5) is 0 Å². The summed E-state index contributed by atoms with van der Waals surface area (Å²) in [6, 6.07) is 10.8. The van der Waals surface area contributed by atoms with Gasteiger partial charge in [0.15, 0.2) is 0 Å². The van der Waals surface area contributed by atoms with E-state index >= 15 is 0 Å². The molecular formula is C16H14N2O4. The van der Waals surface area contributed by atoms with Gasteiger partial charge in [-0.2, -0.15) is 4.98 Å². The number of rotatable bonds is 4. The number of benzene rings is 1. The lowest BCUT2D eigenvalue weighted by Gasteiger charge is -2.06. The summed E-state index contributed by atoms with van der Waals surface area (Å²) < 4.78 is 10.5. The van der Waals surface area contributed by atoms with Gasteiger partial charge in [-0.1, -0.05) is 37.3 Å². The molecule has 0 aliphatic rings. The summed E-state index contributed by atoms with van der Waals surface area (Å²) in [5.74, 6) is 0. The Labute approximate surface area is 125 Å². The average molecular weight is 298 g/mol. The Morgan fingerprint density at radius 1 is 1.23 bits per heavy atom. The van der Waals surface area contributed by atoms with E-state index in [0.29, 0.717) is 12.0 Å². The second kappa shape index (κ2) is 5.85. The van der Waals surface area contributed by atoms with Crippen LogP contribution in [0.2, 0.25) is 0 Å². The van der Waals surface area contributed by atoms with E-state index < -0.39 is 5.63 Å². The lowest BCUT2D eigenvalue weighted by Crippen LogP contribution is -2.15. The van der Waals surface area contributed by atoms with Gasteiger partial charge in [-0.3, -0.25) is 9.78 Å². The molecule has 0 radical (unpaired) electrons. The van der Waals surface area contributed by atoms with Gasteiger partial charge in [0.05, 0.1) is 0 Å². The Kier molecular flexibility index (Phi) is 3.74. The van der Waals surface area contributed by atoms with Crippen molar-refractivity contribution in [3.63, 3.8) is 0 Å². The van der Waals surface area contributed by atoms with Gasteiger partial charge in [0.25, 0.3) is 11.6 Å². The maximum atomic E-state index is 12.2. The minimum Gasteiger partial charge on any atom is -0.460 e. The molecule has 6 heteroatoms. The van der Waals surface area contributed by atoms with Crippen LogP contribution < -0.4 is 15.9 Å². The van der Waals surface area contributed by atoms with Crippen LogP contribution in [0.3, 0.4) is 0 Å². The molecule has 1 aromatic carbocycles. The average Bonchev–Trinajstić information content (AvgIpc) is 2.52. The third-order valence-corrected chi connectivity index (χ3v) is 3.27. The largest absolute Gasteiger partial charge is 0.460 e. The Morgan fingerprint density at radius 2 is 2.00 bits per heavy atom. The van der Waals surface area contributed by atoms with Crippen LogP contribution in [0.5, 0.6) is 6.01 Å². The van der Waals surface area contributed by atoms with Crippen molar-refractivity contribution in [3.8, 4) is 6.01 Å². The third kappa shape index (κ3) is 2.76. The highest BCUT2D eigenvalue weighted by Gasteiger charge is 2.12. The molecule has 6 nitrogen and oxygen atoms in total. The van der Waals surface area contributed by atoms with Crippen molar-refractivity contribution in [1.82, 2.24) is 9.97 Å². The molecule has 0 bridgehead atoms. The molecule has 0 aliphatic heterocycles. The molecule has 2 aromatic heterocycles. The summed E-state index contributed by atoms with van der Waals surface area (Å²) in [5, 5.41) is 0.286. The van der Waals surface area contributed by atoms with Crippen LogP contribution in [0.25, 0.3) is 11.1 Å². The predicted molar refractivity (Wildman–Crippen MR) is 81.1 cm³/mol. The minimum atomic E-state index is -0.531. The van der Waals surface area contributed by atoms with E-state index in [1.54, 1.807) is 0 Å². The molecular weight excluding hydrogens is 284 g/mol. The number of fused-ring (bicyclic) bond motifs is 1. The van der Waals surface area contributed by atoms with Gasteiger partial charge in [0.2, 0.25) is 5.71 Å². The number of ether oxygens (including phenoxy) is 1. The van der Waals surface area contributed by atoms with Crippen LogP contribution in [-0.2, 0) is 13.0 Å². The predicted octanol–water partition coefficient (Wildman–Crippen LogP) is 2.02. The van der Waals surface area contributed by atoms with E-state index in [9.17, 15) is 9.59 Å². The topological polar surface area (TPSA) is 85.2 Å². The highest BCUT2D eigenvalue weighted by atomic mass is 16.5. The number of nitrogens with one attached hydrogen (secondary N) is 1. The van der Waals surface area contributed by atoms with E-state index in [1.165, 1.54) is 6.07 Å². The number of aryl methyl sites for hydroxylation is 1. The monoisotopic (exact) mass is 298 g/mol. The van der Waals surface area contributed by atoms with Crippen molar-refractivity contribution in [2.75, 3.05) is 0 Å². The number of nitrogens with zero attached hydrogens (tertiary/aromatic N) is 1. The Bertz CT molecular complexity index is 913. The number of hydrogen-bond donors (Lipinski definition) is 1. The van der Waals surface area contributed by atoms with Crippen LogP contribution in [0, 0.1) is 0 Å². The molecule has 0 spiro atoms. The SMILES string of the molecule is CCc1cc(=O)oc2nc(OCc3ccccc3)[nH]c(=O)c12. The van der Waals surface area contributed by atoms with Crippen molar-refractivity contribution in [3.05, 3.63) is 68.3 Å². The lowest BCUT2D eigenvalue weighted by molar-refractivity contribution is 0.279.